The second-order valence-electron chi connectivity index (χ2n) is 4.95. The Morgan fingerprint density at radius 2 is 2.05 bits per heavy atom. The molecule has 2 aliphatic rings. The Bertz CT molecular complexity index is 599. The molecule has 1 heterocycles. The zero-order chi connectivity index (χ0) is 13.6. The molecule has 0 unspecified atom stereocenters. The largest absolute Gasteiger partial charge is 0.454 e. The molecule has 1 aliphatic carbocycles. The molecule has 0 saturated heterocycles. The SMILES string of the molecule is CCS(=O)(=O)[C@H]1[C@@H](CN)[C@@H]1c1ccc2c(c1)OCO2. The van der Waals surface area contributed by atoms with E-state index in [0.717, 1.165) is 5.56 Å². The molecule has 104 valence electrons. The lowest BCUT2D eigenvalue weighted by atomic mass is 10.1. The quantitative estimate of drug-likeness (QED) is 0.888. The molecule has 2 N–H and O–H groups in total. The zero-order valence-electron chi connectivity index (χ0n) is 10.7. The number of sulfone groups is 1. The van der Waals surface area contributed by atoms with Crippen LogP contribution in [0.3, 0.4) is 0 Å². The molecule has 0 bridgehead atoms. The maximum Gasteiger partial charge on any atom is 0.231 e. The molecule has 5 nitrogen and oxygen atoms in total. The monoisotopic (exact) mass is 283 g/mol. The molecule has 1 aromatic carbocycles. The topological polar surface area (TPSA) is 78.6 Å². The first-order valence-electron chi connectivity index (χ1n) is 6.39. The van der Waals surface area contributed by atoms with Gasteiger partial charge in [-0.2, -0.15) is 0 Å². The molecule has 1 aliphatic heterocycles. The molecule has 0 amide bonds. The lowest BCUT2D eigenvalue weighted by Gasteiger charge is -2.02. The zero-order valence-corrected chi connectivity index (χ0v) is 11.5. The minimum absolute atomic E-state index is 0.00977. The van der Waals surface area contributed by atoms with Crippen LogP contribution in [-0.4, -0.2) is 32.8 Å². The number of hydrogen-bond acceptors (Lipinski definition) is 5. The van der Waals surface area contributed by atoms with Gasteiger partial charge in [0.05, 0.1) is 5.25 Å². The minimum atomic E-state index is -3.05. The standard InChI is InChI=1S/C13H17NO4S/c1-2-19(15,16)13-9(6-14)12(13)8-3-4-10-11(5-8)18-7-17-10/h3-5,9,12-13H,2,6-7,14H2,1H3/t9-,12-,13-/m0/s1. The van der Waals surface area contributed by atoms with Gasteiger partial charge in [-0.15, -0.1) is 0 Å². The van der Waals surface area contributed by atoms with Crippen molar-refractivity contribution in [2.75, 3.05) is 19.1 Å². The molecule has 0 spiro atoms. The molecule has 1 saturated carbocycles. The molecule has 6 heteroatoms. The van der Waals surface area contributed by atoms with Crippen molar-refractivity contribution in [1.29, 1.82) is 0 Å². The number of nitrogens with two attached hydrogens (primary N) is 1. The number of benzene rings is 1. The molecule has 3 atom stereocenters. The summed E-state index contributed by atoms with van der Waals surface area (Å²) in [5.74, 6) is 1.57. The minimum Gasteiger partial charge on any atom is -0.454 e. The summed E-state index contributed by atoms with van der Waals surface area (Å²) >= 11 is 0. The highest BCUT2D eigenvalue weighted by atomic mass is 32.2. The lowest BCUT2D eigenvalue weighted by molar-refractivity contribution is 0.174. The molecular weight excluding hydrogens is 266 g/mol. The second kappa shape index (κ2) is 4.38. The normalized spacial score (nSPS) is 28.4. The van der Waals surface area contributed by atoms with E-state index in [2.05, 4.69) is 0 Å². The summed E-state index contributed by atoms with van der Waals surface area (Å²) in [6, 6.07) is 5.62. The van der Waals surface area contributed by atoms with Crippen LogP contribution in [0.15, 0.2) is 18.2 Å². The van der Waals surface area contributed by atoms with Crippen molar-refractivity contribution in [1.82, 2.24) is 0 Å². The second-order valence-corrected chi connectivity index (χ2v) is 7.40. The summed E-state index contributed by atoms with van der Waals surface area (Å²) in [4.78, 5) is 0. The summed E-state index contributed by atoms with van der Waals surface area (Å²) in [5.41, 5.74) is 6.67. The van der Waals surface area contributed by atoms with Gasteiger partial charge in [0.15, 0.2) is 21.3 Å². The van der Waals surface area contributed by atoms with Gasteiger partial charge < -0.3 is 15.2 Å². The molecule has 0 aromatic heterocycles. The van der Waals surface area contributed by atoms with E-state index in [0.29, 0.717) is 18.0 Å². The van der Waals surface area contributed by atoms with Crippen molar-refractivity contribution < 1.29 is 17.9 Å². The molecular formula is C13H17NO4S. The summed E-state index contributed by atoms with van der Waals surface area (Å²) in [6.07, 6.45) is 0. The Balaban J connectivity index is 1.91. The first kappa shape index (κ1) is 12.7. The van der Waals surface area contributed by atoms with E-state index in [1.807, 2.05) is 18.2 Å². The maximum atomic E-state index is 12.0. The molecule has 3 rings (SSSR count). The average molecular weight is 283 g/mol. The Kier molecular flexibility index (Phi) is 2.94. The van der Waals surface area contributed by atoms with Crippen molar-refractivity contribution in [2.24, 2.45) is 11.7 Å². The van der Waals surface area contributed by atoms with Gasteiger partial charge >= 0.3 is 0 Å². The van der Waals surface area contributed by atoms with Gasteiger partial charge in [-0.25, -0.2) is 8.42 Å². The van der Waals surface area contributed by atoms with E-state index < -0.39 is 9.84 Å². The van der Waals surface area contributed by atoms with Crippen LogP contribution in [-0.2, 0) is 9.84 Å². The fourth-order valence-electron chi connectivity index (χ4n) is 2.86. The number of fused-ring (bicyclic) bond motifs is 1. The van der Waals surface area contributed by atoms with Crippen LogP contribution in [0.5, 0.6) is 11.5 Å². The third-order valence-corrected chi connectivity index (χ3v) is 6.24. The lowest BCUT2D eigenvalue weighted by Crippen LogP contribution is -2.15. The van der Waals surface area contributed by atoms with E-state index in [1.165, 1.54) is 0 Å². The summed E-state index contributed by atoms with van der Waals surface area (Å²) in [7, 11) is -3.05. The van der Waals surface area contributed by atoms with Gasteiger partial charge in [-0.3, -0.25) is 0 Å². The predicted octanol–water partition coefficient (Wildman–Crippen LogP) is 0.891. The highest BCUT2D eigenvalue weighted by Crippen LogP contribution is 2.53. The highest BCUT2D eigenvalue weighted by Gasteiger charge is 2.57. The molecule has 0 radical (unpaired) electrons. The van der Waals surface area contributed by atoms with Crippen LogP contribution in [0.1, 0.15) is 18.4 Å². The first-order chi connectivity index (χ1) is 9.08. The van der Waals surface area contributed by atoms with E-state index in [1.54, 1.807) is 6.92 Å². The Morgan fingerprint density at radius 3 is 2.74 bits per heavy atom. The highest BCUT2D eigenvalue weighted by molar-refractivity contribution is 7.92. The Morgan fingerprint density at radius 1 is 1.32 bits per heavy atom. The maximum absolute atomic E-state index is 12.0. The van der Waals surface area contributed by atoms with E-state index in [-0.39, 0.29) is 29.6 Å². The number of hydrogen-bond donors (Lipinski definition) is 1. The van der Waals surface area contributed by atoms with Gasteiger partial charge in [-0.1, -0.05) is 13.0 Å². The van der Waals surface area contributed by atoms with Gasteiger partial charge in [0.25, 0.3) is 0 Å². The van der Waals surface area contributed by atoms with Crippen LogP contribution >= 0.6 is 0 Å². The van der Waals surface area contributed by atoms with Crippen LogP contribution < -0.4 is 15.2 Å². The third-order valence-electron chi connectivity index (χ3n) is 3.97. The summed E-state index contributed by atoms with van der Waals surface area (Å²) in [5, 5.41) is -0.345. The van der Waals surface area contributed by atoms with Gasteiger partial charge in [0, 0.05) is 11.7 Å². The Hall–Kier alpha value is -1.27. The fourth-order valence-corrected chi connectivity index (χ4v) is 4.78. The Labute approximate surface area is 112 Å². The molecule has 19 heavy (non-hydrogen) atoms. The van der Waals surface area contributed by atoms with Crippen LogP contribution in [0, 0.1) is 5.92 Å². The predicted molar refractivity (Wildman–Crippen MR) is 71.1 cm³/mol. The molecule has 1 fully saturated rings. The average Bonchev–Trinajstić information content (AvgIpc) is 2.99. The van der Waals surface area contributed by atoms with Crippen molar-refractivity contribution in [2.45, 2.75) is 18.1 Å². The fraction of sp³-hybridized carbons (Fsp3) is 0.538. The smallest absolute Gasteiger partial charge is 0.231 e. The van der Waals surface area contributed by atoms with Crippen molar-refractivity contribution in [3.63, 3.8) is 0 Å². The van der Waals surface area contributed by atoms with Crippen molar-refractivity contribution >= 4 is 9.84 Å². The van der Waals surface area contributed by atoms with Crippen LogP contribution in [0.2, 0.25) is 0 Å². The van der Waals surface area contributed by atoms with Gasteiger partial charge in [-0.05, 0) is 30.2 Å². The van der Waals surface area contributed by atoms with Crippen molar-refractivity contribution in [3.05, 3.63) is 23.8 Å². The van der Waals surface area contributed by atoms with E-state index in [4.69, 9.17) is 15.2 Å². The van der Waals surface area contributed by atoms with Crippen LogP contribution in [0.25, 0.3) is 0 Å². The van der Waals surface area contributed by atoms with E-state index in [9.17, 15) is 8.42 Å². The summed E-state index contributed by atoms with van der Waals surface area (Å²) < 4.78 is 34.7. The number of rotatable bonds is 4. The molecule has 1 aromatic rings. The van der Waals surface area contributed by atoms with Crippen molar-refractivity contribution in [3.8, 4) is 11.5 Å². The third kappa shape index (κ3) is 1.99. The van der Waals surface area contributed by atoms with Gasteiger partial charge in [0.1, 0.15) is 0 Å². The van der Waals surface area contributed by atoms with E-state index >= 15 is 0 Å². The van der Waals surface area contributed by atoms with Gasteiger partial charge in [0.2, 0.25) is 6.79 Å². The summed E-state index contributed by atoms with van der Waals surface area (Å²) in [6.45, 7) is 2.29. The number of ether oxygens (including phenoxy) is 2. The van der Waals surface area contributed by atoms with Crippen LogP contribution in [0.4, 0.5) is 0 Å². The first-order valence-corrected chi connectivity index (χ1v) is 8.11.